The molecule has 0 radical (unpaired) electrons. The van der Waals surface area contributed by atoms with Gasteiger partial charge in [0.05, 0.1) is 19.8 Å². The van der Waals surface area contributed by atoms with Gasteiger partial charge in [-0.2, -0.15) is 0 Å². The Morgan fingerprint density at radius 2 is 1.78 bits per heavy atom. The van der Waals surface area contributed by atoms with Gasteiger partial charge in [0.25, 0.3) is 0 Å². The van der Waals surface area contributed by atoms with Crippen molar-refractivity contribution in [2.45, 2.75) is 11.8 Å². The minimum atomic E-state index is -0.418. The molecule has 0 bridgehead atoms. The molecule has 3 rings (SSSR count). The third-order valence-corrected chi connectivity index (χ3v) is 4.50. The molecule has 1 heterocycles. The van der Waals surface area contributed by atoms with Crippen LogP contribution < -0.4 is 4.74 Å². The molecular formula is C19H20FN3O3S. The van der Waals surface area contributed by atoms with E-state index in [0.29, 0.717) is 29.9 Å². The van der Waals surface area contributed by atoms with Crippen LogP contribution in [0.4, 0.5) is 4.39 Å². The van der Waals surface area contributed by atoms with E-state index in [1.807, 2.05) is 34.9 Å². The molecule has 0 aliphatic carbocycles. The summed E-state index contributed by atoms with van der Waals surface area (Å²) < 4.78 is 26.5. The number of thioether (sulfide) groups is 1. The predicted molar refractivity (Wildman–Crippen MR) is 101 cm³/mol. The van der Waals surface area contributed by atoms with Crippen LogP contribution in [0.15, 0.2) is 59.8 Å². The normalized spacial score (nSPS) is 10.9. The lowest BCUT2D eigenvalue weighted by atomic mass is 10.3. The van der Waals surface area contributed by atoms with E-state index < -0.39 is 5.82 Å². The van der Waals surface area contributed by atoms with Gasteiger partial charge in [0, 0.05) is 11.4 Å². The zero-order valence-electron chi connectivity index (χ0n) is 14.6. The second-order valence-corrected chi connectivity index (χ2v) is 6.54. The van der Waals surface area contributed by atoms with Gasteiger partial charge >= 0.3 is 0 Å². The summed E-state index contributed by atoms with van der Waals surface area (Å²) in [5.41, 5.74) is 0.897. The van der Waals surface area contributed by atoms with Crippen molar-refractivity contribution < 1.29 is 19.0 Å². The van der Waals surface area contributed by atoms with Crippen molar-refractivity contribution in [2.75, 3.05) is 25.6 Å². The Kier molecular flexibility index (Phi) is 7.20. The highest BCUT2D eigenvalue weighted by Gasteiger charge is 2.15. The van der Waals surface area contributed by atoms with E-state index in [-0.39, 0.29) is 19.0 Å². The third kappa shape index (κ3) is 5.29. The maximum absolute atomic E-state index is 13.8. The number of ether oxygens (including phenoxy) is 2. The summed E-state index contributed by atoms with van der Waals surface area (Å²) in [7, 11) is 0. The van der Waals surface area contributed by atoms with Crippen molar-refractivity contribution in [1.82, 2.24) is 14.8 Å². The largest absolute Gasteiger partial charge is 0.483 e. The van der Waals surface area contributed by atoms with Crippen LogP contribution in [0.1, 0.15) is 5.82 Å². The Morgan fingerprint density at radius 3 is 2.56 bits per heavy atom. The molecule has 0 unspecified atom stereocenters. The van der Waals surface area contributed by atoms with Gasteiger partial charge in [-0.25, -0.2) is 4.39 Å². The molecule has 0 atom stereocenters. The highest BCUT2D eigenvalue weighted by molar-refractivity contribution is 7.99. The number of aliphatic hydroxyl groups is 1. The fourth-order valence-electron chi connectivity index (χ4n) is 2.39. The smallest absolute Gasteiger partial charge is 0.196 e. The third-order valence-electron chi connectivity index (χ3n) is 3.60. The molecule has 0 spiro atoms. The lowest BCUT2D eigenvalue weighted by Gasteiger charge is -2.11. The predicted octanol–water partition coefficient (Wildman–Crippen LogP) is 3.09. The van der Waals surface area contributed by atoms with E-state index in [2.05, 4.69) is 10.2 Å². The number of benzene rings is 2. The highest BCUT2D eigenvalue weighted by atomic mass is 32.2. The summed E-state index contributed by atoms with van der Waals surface area (Å²) in [5, 5.41) is 17.9. The molecule has 27 heavy (non-hydrogen) atoms. The molecule has 6 nitrogen and oxygen atoms in total. The van der Waals surface area contributed by atoms with Gasteiger partial charge in [-0.1, -0.05) is 42.1 Å². The Labute approximate surface area is 161 Å². The first kappa shape index (κ1) is 19.3. The summed E-state index contributed by atoms with van der Waals surface area (Å²) in [6, 6.07) is 15.9. The summed E-state index contributed by atoms with van der Waals surface area (Å²) in [6.45, 7) is 0.897. The fourth-order valence-corrected chi connectivity index (χ4v) is 3.21. The minimum Gasteiger partial charge on any atom is -0.483 e. The molecule has 3 aromatic rings. The topological polar surface area (TPSA) is 69.4 Å². The molecule has 0 aliphatic rings. The van der Waals surface area contributed by atoms with Crippen LogP contribution in [0.3, 0.4) is 0 Å². The summed E-state index contributed by atoms with van der Waals surface area (Å²) in [4.78, 5) is 0. The minimum absolute atomic E-state index is 0.00238. The Balaban J connectivity index is 1.76. The molecule has 0 aliphatic heterocycles. The van der Waals surface area contributed by atoms with Crippen LogP contribution >= 0.6 is 11.8 Å². The molecule has 1 aromatic heterocycles. The van der Waals surface area contributed by atoms with Crippen LogP contribution in [0, 0.1) is 5.82 Å². The monoisotopic (exact) mass is 389 g/mol. The van der Waals surface area contributed by atoms with Gasteiger partial charge in [0.15, 0.2) is 22.5 Å². The lowest BCUT2D eigenvalue weighted by molar-refractivity contribution is 0.103. The lowest BCUT2D eigenvalue weighted by Crippen LogP contribution is -2.08. The van der Waals surface area contributed by atoms with Gasteiger partial charge in [-0.15, -0.1) is 10.2 Å². The SMILES string of the molecule is OCCOCCSc1nnc(COc2ccccc2F)n1-c1ccccc1. The number of hydrogen-bond acceptors (Lipinski definition) is 6. The first-order valence-electron chi connectivity index (χ1n) is 8.48. The van der Waals surface area contributed by atoms with Gasteiger partial charge in [0.2, 0.25) is 0 Å². The number of nitrogens with zero attached hydrogens (tertiary/aromatic N) is 3. The molecule has 142 valence electrons. The molecular weight excluding hydrogens is 369 g/mol. The highest BCUT2D eigenvalue weighted by Crippen LogP contribution is 2.23. The molecule has 1 N–H and O–H groups in total. The standard InChI is InChI=1S/C19H20FN3O3S/c20-16-8-4-5-9-17(16)26-14-18-21-22-19(27-13-12-25-11-10-24)23(18)15-6-2-1-3-7-15/h1-9,24H,10-14H2. The van der Waals surface area contributed by atoms with Gasteiger partial charge in [-0.05, 0) is 24.3 Å². The number of para-hydroxylation sites is 2. The number of aromatic nitrogens is 3. The Hall–Kier alpha value is -2.42. The van der Waals surface area contributed by atoms with Crippen molar-refractivity contribution in [3.8, 4) is 11.4 Å². The molecule has 0 amide bonds. The van der Waals surface area contributed by atoms with Crippen LogP contribution in [0.25, 0.3) is 5.69 Å². The van der Waals surface area contributed by atoms with E-state index in [4.69, 9.17) is 14.6 Å². The first-order chi connectivity index (χ1) is 13.3. The Bertz CT molecular complexity index is 845. The second-order valence-electron chi connectivity index (χ2n) is 5.47. The summed E-state index contributed by atoms with van der Waals surface area (Å²) in [6.07, 6.45) is 0. The van der Waals surface area contributed by atoms with Gasteiger partial charge in [0.1, 0.15) is 6.61 Å². The maximum atomic E-state index is 13.8. The number of aliphatic hydroxyl groups excluding tert-OH is 1. The zero-order valence-corrected chi connectivity index (χ0v) is 15.4. The molecule has 0 saturated heterocycles. The fraction of sp³-hybridized carbons (Fsp3) is 0.263. The average Bonchev–Trinajstić information content (AvgIpc) is 3.10. The van der Waals surface area contributed by atoms with E-state index in [0.717, 1.165) is 5.69 Å². The molecule has 8 heteroatoms. The number of halogens is 1. The number of rotatable bonds is 10. The van der Waals surface area contributed by atoms with Crippen molar-refractivity contribution in [2.24, 2.45) is 0 Å². The number of hydrogen-bond donors (Lipinski definition) is 1. The Morgan fingerprint density at radius 1 is 1.00 bits per heavy atom. The van der Waals surface area contributed by atoms with Crippen LogP contribution in [0.2, 0.25) is 0 Å². The van der Waals surface area contributed by atoms with Crippen molar-refractivity contribution >= 4 is 11.8 Å². The van der Waals surface area contributed by atoms with E-state index in [9.17, 15) is 4.39 Å². The second kappa shape index (κ2) is 10.1. The van der Waals surface area contributed by atoms with Crippen molar-refractivity contribution in [1.29, 1.82) is 0 Å². The summed E-state index contributed by atoms with van der Waals surface area (Å²) >= 11 is 1.49. The van der Waals surface area contributed by atoms with E-state index in [1.54, 1.807) is 18.2 Å². The quantitative estimate of drug-likeness (QED) is 0.425. The zero-order chi connectivity index (χ0) is 18.9. The summed E-state index contributed by atoms with van der Waals surface area (Å²) in [5.74, 6) is 0.993. The van der Waals surface area contributed by atoms with E-state index >= 15 is 0 Å². The van der Waals surface area contributed by atoms with Crippen LogP contribution in [-0.2, 0) is 11.3 Å². The molecule has 0 saturated carbocycles. The maximum Gasteiger partial charge on any atom is 0.196 e. The van der Waals surface area contributed by atoms with E-state index in [1.165, 1.54) is 17.8 Å². The van der Waals surface area contributed by atoms with Gasteiger partial charge < -0.3 is 14.6 Å². The van der Waals surface area contributed by atoms with Crippen LogP contribution in [-0.4, -0.2) is 45.4 Å². The average molecular weight is 389 g/mol. The van der Waals surface area contributed by atoms with Crippen molar-refractivity contribution in [3.63, 3.8) is 0 Å². The molecule has 0 fully saturated rings. The molecule has 2 aromatic carbocycles. The van der Waals surface area contributed by atoms with Crippen molar-refractivity contribution in [3.05, 3.63) is 66.2 Å². The van der Waals surface area contributed by atoms with Gasteiger partial charge in [-0.3, -0.25) is 4.57 Å². The first-order valence-corrected chi connectivity index (χ1v) is 9.46. The van der Waals surface area contributed by atoms with Crippen LogP contribution in [0.5, 0.6) is 5.75 Å².